The first-order valence-corrected chi connectivity index (χ1v) is 16.9. The van der Waals surface area contributed by atoms with Crippen LogP contribution in [0, 0.1) is 5.92 Å². The van der Waals surface area contributed by atoms with Gasteiger partial charge in [-0.1, -0.05) is 49.6 Å². The number of amides is 1. The first kappa shape index (κ1) is 29.8. The summed E-state index contributed by atoms with van der Waals surface area (Å²) in [5.41, 5.74) is 3.16. The molecule has 45 heavy (non-hydrogen) atoms. The van der Waals surface area contributed by atoms with Crippen LogP contribution in [0.1, 0.15) is 56.2 Å². The number of fused-ring (bicyclic) bond motifs is 2. The van der Waals surface area contributed by atoms with E-state index >= 15 is 0 Å². The van der Waals surface area contributed by atoms with Crippen molar-refractivity contribution in [1.82, 2.24) is 19.8 Å². The van der Waals surface area contributed by atoms with Gasteiger partial charge in [0, 0.05) is 80.4 Å². The first-order chi connectivity index (χ1) is 22.1. The van der Waals surface area contributed by atoms with Crippen molar-refractivity contribution in [2.75, 3.05) is 62.2 Å². The number of hydrogen-bond donors (Lipinski definition) is 1. The van der Waals surface area contributed by atoms with Gasteiger partial charge in [-0.3, -0.25) is 9.69 Å². The fourth-order valence-electron chi connectivity index (χ4n) is 7.85. The Morgan fingerprint density at radius 1 is 0.978 bits per heavy atom. The molecule has 4 aliphatic rings. The van der Waals surface area contributed by atoms with Crippen molar-refractivity contribution in [3.8, 4) is 11.8 Å². The molecular formula is C36H46N6O3. The van der Waals surface area contributed by atoms with Crippen LogP contribution in [0.25, 0.3) is 10.8 Å². The van der Waals surface area contributed by atoms with E-state index in [1.807, 2.05) is 35.2 Å². The molecule has 3 aliphatic heterocycles. The second-order valence-electron chi connectivity index (χ2n) is 13.2. The number of piperazine rings is 1. The van der Waals surface area contributed by atoms with Crippen LogP contribution < -0.4 is 14.5 Å². The number of benzene rings is 2. The van der Waals surface area contributed by atoms with Crippen molar-refractivity contribution in [2.45, 2.75) is 64.0 Å². The molecular weight excluding hydrogens is 564 g/mol. The zero-order valence-electron chi connectivity index (χ0n) is 26.4. The van der Waals surface area contributed by atoms with E-state index in [0.29, 0.717) is 44.6 Å². The van der Waals surface area contributed by atoms with Gasteiger partial charge in [-0.25, -0.2) is 0 Å². The largest absolute Gasteiger partial charge is 0.508 e. The normalized spacial score (nSPS) is 21.2. The molecule has 9 nitrogen and oxygen atoms in total. The van der Waals surface area contributed by atoms with E-state index < -0.39 is 0 Å². The Morgan fingerprint density at radius 2 is 1.80 bits per heavy atom. The number of carbonyl (C=O) groups excluding carboxylic acids is 1. The molecule has 3 fully saturated rings. The molecule has 238 valence electrons. The maximum Gasteiger partial charge on any atom is 0.318 e. The number of phenolic OH excluding ortho intramolecular Hbond substituents is 1. The number of nitrogens with zero attached hydrogens (tertiary/aromatic N) is 6. The number of anilines is 2. The van der Waals surface area contributed by atoms with Gasteiger partial charge in [-0.2, -0.15) is 9.97 Å². The molecule has 9 heteroatoms. The Morgan fingerprint density at radius 3 is 2.62 bits per heavy atom. The summed E-state index contributed by atoms with van der Waals surface area (Å²) in [5.74, 6) is 1.84. The quantitative estimate of drug-likeness (QED) is 0.351. The zero-order chi connectivity index (χ0) is 30.8. The van der Waals surface area contributed by atoms with Crippen molar-refractivity contribution in [3.05, 3.63) is 60.3 Å². The lowest BCUT2D eigenvalue weighted by atomic mass is 9.94. The summed E-state index contributed by atoms with van der Waals surface area (Å²) in [4.78, 5) is 31.8. The fourth-order valence-corrected chi connectivity index (χ4v) is 7.85. The molecule has 4 heterocycles. The molecule has 7 rings (SSSR count). The highest BCUT2D eigenvalue weighted by molar-refractivity contribution is 5.95. The molecule has 1 aromatic heterocycles. The van der Waals surface area contributed by atoms with Gasteiger partial charge in [0.2, 0.25) is 5.91 Å². The predicted molar refractivity (Wildman–Crippen MR) is 178 cm³/mol. The number of hydrogen-bond acceptors (Lipinski definition) is 8. The fraction of sp³-hybridized carbons (Fsp3) is 0.528. The second kappa shape index (κ2) is 13.3. The van der Waals surface area contributed by atoms with Crippen LogP contribution in [-0.2, 0) is 17.8 Å². The molecule has 0 spiro atoms. The molecule has 2 aromatic carbocycles. The number of aromatic hydroxyl groups is 1. The standard InChI is InChI=1S/C36H46N6O3/c1-2-8-34(44)39-17-19-40(20-18-39)35-31-14-16-42(33-22-29(43)21-27-9-6-7-12-30(27)33)24-32(31)37-36(38-35)45-25-26-13-15-41(23-26)28-10-4-3-5-11-28/h2,6-7,9,12,21-22,26,28,43H,1,3-5,8,10-11,13-20,23-25H2. The van der Waals surface area contributed by atoms with E-state index in [0.717, 1.165) is 79.6 Å². The van der Waals surface area contributed by atoms with Gasteiger partial charge in [0.15, 0.2) is 0 Å². The number of phenols is 1. The van der Waals surface area contributed by atoms with Crippen molar-refractivity contribution >= 4 is 28.2 Å². The topological polar surface area (TPSA) is 85.3 Å². The lowest BCUT2D eigenvalue weighted by Crippen LogP contribution is -2.49. The van der Waals surface area contributed by atoms with Crippen LogP contribution in [0.3, 0.4) is 0 Å². The molecule has 1 N–H and O–H groups in total. The SMILES string of the molecule is C=CCC(=O)N1CCN(c2nc(OCC3CCN(C4CCCCC4)C3)nc3c2CCN(c2cc(O)cc4ccccc24)C3)CC1. The summed E-state index contributed by atoms with van der Waals surface area (Å²) in [6.07, 6.45) is 10.8. The summed E-state index contributed by atoms with van der Waals surface area (Å²) >= 11 is 0. The lowest BCUT2D eigenvalue weighted by molar-refractivity contribution is -0.130. The van der Waals surface area contributed by atoms with Gasteiger partial charge in [0.25, 0.3) is 0 Å². The smallest absolute Gasteiger partial charge is 0.318 e. The maximum absolute atomic E-state index is 12.5. The average Bonchev–Trinajstić information content (AvgIpc) is 3.56. The van der Waals surface area contributed by atoms with Crippen LogP contribution in [-0.4, -0.2) is 89.2 Å². The first-order valence-electron chi connectivity index (χ1n) is 16.9. The monoisotopic (exact) mass is 610 g/mol. The third kappa shape index (κ3) is 6.45. The molecule has 2 saturated heterocycles. The minimum absolute atomic E-state index is 0.131. The predicted octanol–water partition coefficient (Wildman–Crippen LogP) is 5.16. The van der Waals surface area contributed by atoms with Gasteiger partial charge < -0.3 is 24.5 Å². The molecule has 1 amide bonds. The molecule has 0 bridgehead atoms. The highest BCUT2D eigenvalue weighted by Crippen LogP contribution is 2.37. The molecule has 1 saturated carbocycles. The highest BCUT2D eigenvalue weighted by Gasteiger charge is 2.32. The Labute approximate surface area is 266 Å². The minimum Gasteiger partial charge on any atom is -0.508 e. The molecule has 1 unspecified atom stereocenters. The zero-order valence-corrected chi connectivity index (χ0v) is 26.4. The van der Waals surface area contributed by atoms with E-state index in [4.69, 9.17) is 14.7 Å². The molecule has 1 aliphatic carbocycles. The number of rotatable bonds is 8. The Bertz CT molecular complexity index is 1530. The molecule has 0 radical (unpaired) electrons. The summed E-state index contributed by atoms with van der Waals surface area (Å²) in [6, 6.07) is 13.1. The minimum atomic E-state index is 0.131. The Hall–Kier alpha value is -3.85. The summed E-state index contributed by atoms with van der Waals surface area (Å²) in [6.45, 7) is 10.8. The average molecular weight is 611 g/mol. The third-order valence-corrected chi connectivity index (χ3v) is 10.3. The number of likely N-dealkylation sites (tertiary alicyclic amines) is 1. The van der Waals surface area contributed by atoms with Crippen molar-refractivity contribution in [2.24, 2.45) is 5.92 Å². The Balaban J connectivity index is 1.12. The maximum atomic E-state index is 12.5. The van der Waals surface area contributed by atoms with Gasteiger partial charge in [0.1, 0.15) is 11.6 Å². The van der Waals surface area contributed by atoms with Crippen LogP contribution in [0.15, 0.2) is 49.1 Å². The van der Waals surface area contributed by atoms with Crippen molar-refractivity contribution < 1.29 is 14.6 Å². The lowest BCUT2D eigenvalue weighted by Gasteiger charge is -2.38. The van der Waals surface area contributed by atoms with Gasteiger partial charge in [-0.05, 0) is 43.7 Å². The Kier molecular flexibility index (Phi) is 8.79. The second-order valence-corrected chi connectivity index (χ2v) is 13.2. The van der Waals surface area contributed by atoms with Gasteiger partial charge in [-0.15, -0.1) is 6.58 Å². The van der Waals surface area contributed by atoms with Crippen LogP contribution >= 0.6 is 0 Å². The van der Waals surface area contributed by atoms with E-state index in [2.05, 4.69) is 27.3 Å². The van der Waals surface area contributed by atoms with Crippen LogP contribution in [0.4, 0.5) is 11.5 Å². The third-order valence-electron chi connectivity index (χ3n) is 10.3. The number of aromatic nitrogens is 2. The summed E-state index contributed by atoms with van der Waals surface area (Å²) in [5, 5.41) is 12.7. The van der Waals surface area contributed by atoms with E-state index in [-0.39, 0.29) is 11.7 Å². The highest BCUT2D eigenvalue weighted by atomic mass is 16.5. The molecule has 3 aromatic rings. The van der Waals surface area contributed by atoms with Crippen LogP contribution in [0.2, 0.25) is 0 Å². The van der Waals surface area contributed by atoms with E-state index in [9.17, 15) is 9.90 Å². The van der Waals surface area contributed by atoms with E-state index in [1.54, 1.807) is 6.08 Å². The summed E-state index contributed by atoms with van der Waals surface area (Å²) < 4.78 is 6.44. The number of carbonyl (C=O) groups is 1. The van der Waals surface area contributed by atoms with Gasteiger partial charge in [0.05, 0.1) is 18.8 Å². The summed E-state index contributed by atoms with van der Waals surface area (Å²) in [7, 11) is 0. The van der Waals surface area contributed by atoms with Crippen molar-refractivity contribution in [3.63, 3.8) is 0 Å². The molecule has 1 atom stereocenters. The van der Waals surface area contributed by atoms with E-state index in [1.165, 1.54) is 37.7 Å². The number of ether oxygens (including phenoxy) is 1. The van der Waals surface area contributed by atoms with Crippen molar-refractivity contribution in [1.29, 1.82) is 0 Å². The van der Waals surface area contributed by atoms with Crippen LogP contribution in [0.5, 0.6) is 11.8 Å². The van der Waals surface area contributed by atoms with Gasteiger partial charge >= 0.3 is 6.01 Å².